The number of hydrogen-bond acceptors (Lipinski definition) is 6. The van der Waals surface area contributed by atoms with Crippen LogP contribution in [0.5, 0.6) is 5.75 Å². The predicted octanol–water partition coefficient (Wildman–Crippen LogP) is 0.748. The summed E-state index contributed by atoms with van der Waals surface area (Å²) in [4.78, 5) is 21.4. The summed E-state index contributed by atoms with van der Waals surface area (Å²) in [6.45, 7) is 0.424. The maximum atomic E-state index is 11.3. The molecule has 1 aliphatic heterocycles. The van der Waals surface area contributed by atoms with Crippen LogP contribution in [0.4, 0.5) is 5.69 Å². The molecule has 0 bridgehead atoms. The fourth-order valence-electron chi connectivity index (χ4n) is 1.69. The van der Waals surface area contributed by atoms with E-state index in [-0.39, 0.29) is 12.2 Å². The van der Waals surface area contributed by atoms with Gasteiger partial charge in [0.1, 0.15) is 5.75 Å². The lowest BCUT2D eigenvalue weighted by molar-refractivity contribution is -0.384. The van der Waals surface area contributed by atoms with Crippen LogP contribution in [0.15, 0.2) is 18.2 Å². The number of cyclic esters (lactones) is 1. The summed E-state index contributed by atoms with van der Waals surface area (Å²) >= 11 is 0. The van der Waals surface area contributed by atoms with Gasteiger partial charge in [0.25, 0.3) is 5.69 Å². The summed E-state index contributed by atoms with van der Waals surface area (Å²) < 4.78 is 10.2. The second-order valence-corrected chi connectivity index (χ2v) is 3.82. The first-order valence-electron chi connectivity index (χ1n) is 5.42. The van der Waals surface area contributed by atoms with Gasteiger partial charge < -0.3 is 15.2 Å². The molecule has 7 nitrogen and oxygen atoms in total. The molecular weight excluding hydrogens is 240 g/mol. The number of nitro benzene ring substituents is 1. The third-order valence-electron chi connectivity index (χ3n) is 2.63. The van der Waals surface area contributed by atoms with Crippen molar-refractivity contribution in [1.29, 1.82) is 0 Å². The standard InChI is InChI=1S/C11H12N2O5/c12-6-7-5-8(13(15)16)1-2-9(7)18-10-3-4-17-11(10)14/h1-2,5,10H,3-4,6,12H2. The molecule has 0 amide bonds. The Bertz CT molecular complexity index is 488. The number of rotatable bonds is 4. The normalized spacial score (nSPS) is 18.5. The number of esters is 1. The van der Waals surface area contributed by atoms with Crippen molar-refractivity contribution in [3.05, 3.63) is 33.9 Å². The van der Waals surface area contributed by atoms with Crippen LogP contribution < -0.4 is 10.5 Å². The minimum Gasteiger partial charge on any atom is -0.478 e. The van der Waals surface area contributed by atoms with E-state index in [0.717, 1.165) is 0 Å². The lowest BCUT2D eigenvalue weighted by Gasteiger charge is -2.13. The zero-order chi connectivity index (χ0) is 13.1. The number of benzene rings is 1. The number of nitrogens with two attached hydrogens (primary N) is 1. The van der Waals surface area contributed by atoms with Crippen LogP contribution in [-0.2, 0) is 16.1 Å². The van der Waals surface area contributed by atoms with Crippen molar-refractivity contribution in [2.75, 3.05) is 6.61 Å². The van der Waals surface area contributed by atoms with Crippen molar-refractivity contribution < 1.29 is 19.2 Å². The molecule has 7 heteroatoms. The Morgan fingerprint density at radius 1 is 1.56 bits per heavy atom. The fourth-order valence-corrected chi connectivity index (χ4v) is 1.69. The fraction of sp³-hybridized carbons (Fsp3) is 0.364. The van der Waals surface area contributed by atoms with Crippen LogP contribution in [0.3, 0.4) is 0 Å². The Labute approximate surface area is 103 Å². The molecule has 1 aromatic carbocycles. The van der Waals surface area contributed by atoms with Gasteiger partial charge in [-0.25, -0.2) is 4.79 Å². The lowest BCUT2D eigenvalue weighted by Crippen LogP contribution is -2.22. The molecule has 18 heavy (non-hydrogen) atoms. The van der Waals surface area contributed by atoms with Gasteiger partial charge in [-0.15, -0.1) is 0 Å². The van der Waals surface area contributed by atoms with Crippen LogP contribution >= 0.6 is 0 Å². The topological polar surface area (TPSA) is 105 Å². The van der Waals surface area contributed by atoms with E-state index in [1.165, 1.54) is 18.2 Å². The Balaban J connectivity index is 2.22. The SMILES string of the molecule is NCc1cc([N+](=O)[O-])ccc1OC1CCOC1=O. The maximum absolute atomic E-state index is 11.3. The molecule has 0 aliphatic carbocycles. The number of hydrogen-bond donors (Lipinski definition) is 1. The predicted molar refractivity (Wildman–Crippen MR) is 61.0 cm³/mol. The second kappa shape index (κ2) is 5.01. The average Bonchev–Trinajstić information content (AvgIpc) is 2.75. The molecule has 0 aromatic heterocycles. The van der Waals surface area contributed by atoms with E-state index >= 15 is 0 Å². The van der Waals surface area contributed by atoms with Gasteiger partial charge in [-0.2, -0.15) is 0 Å². The number of non-ortho nitro benzene ring substituents is 1. The number of nitrogens with zero attached hydrogens (tertiary/aromatic N) is 1. The van der Waals surface area contributed by atoms with E-state index in [9.17, 15) is 14.9 Å². The summed E-state index contributed by atoms with van der Waals surface area (Å²) in [6.07, 6.45) is -0.184. The third kappa shape index (κ3) is 2.40. The minimum atomic E-state index is -0.656. The number of nitro groups is 1. The van der Waals surface area contributed by atoms with Crippen molar-refractivity contribution in [3.8, 4) is 5.75 Å². The first kappa shape index (κ1) is 12.3. The molecule has 1 fully saturated rings. The van der Waals surface area contributed by atoms with Crippen molar-refractivity contribution in [1.82, 2.24) is 0 Å². The van der Waals surface area contributed by atoms with Crippen molar-refractivity contribution in [2.45, 2.75) is 19.1 Å². The molecule has 2 rings (SSSR count). The zero-order valence-corrected chi connectivity index (χ0v) is 9.50. The number of carbonyl (C=O) groups excluding carboxylic acids is 1. The molecule has 2 N–H and O–H groups in total. The first-order valence-corrected chi connectivity index (χ1v) is 5.42. The van der Waals surface area contributed by atoms with Crippen LogP contribution in [0.25, 0.3) is 0 Å². The highest BCUT2D eigenvalue weighted by Crippen LogP contribution is 2.26. The monoisotopic (exact) mass is 252 g/mol. The highest BCUT2D eigenvalue weighted by Gasteiger charge is 2.29. The van der Waals surface area contributed by atoms with E-state index < -0.39 is 17.0 Å². The lowest BCUT2D eigenvalue weighted by atomic mass is 10.1. The molecule has 1 aliphatic rings. The van der Waals surface area contributed by atoms with Crippen LogP contribution in [0.1, 0.15) is 12.0 Å². The number of ether oxygens (including phenoxy) is 2. The highest BCUT2D eigenvalue weighted by atomic mass is 16.6. The van der Waals surface area contributed by atoms with Gasteiger partial charge in [0.05, 0.1) is 11.5 Å². The first-order chi connectivity index (χ1) is 8.61. The summed E-state index contributed by atoms with van der Waals surface area (Å²) in [7, 11) is 0. The van der Waals surface area contributed by atoms with Gasteiger partial charge in [0, 0.05) is 30.7 Å². The molecule has 1 heterocycles. The van der Waals surface area contributed by atoms with Gasteiger partial charge in [-0.3, -0.25) is 10.1 Å². The second-order valence-electron chi connectivity index (χ2n) is 3.82. The molecule has 0 saturated carbocycles. The summed E-state index contributed by atoms with van der Waals surface area (Å²) in [5, 5.41) is 10.6. The molecule has 1 saturated heterocycles. The van der Waals surface area contributed by atoms with Crippen LogP contribution in [0.2, 0.25) is 0 Å². The zero-order valence-electron chi connectivity index (χ0n) is 9.50. The molecule has 1 aromatic rings. The smallest absolute Gasteiger partial charge is 0.347 e. The molecule has 0 spiro atoms. The van der Waals surface area contributed by atoms with Gasteiger partial charge in [0.15, 0.2) is 6.10 Å². The minimum absolute atomic E-state index is 0.0585. The molecule has 96 valence electrons. The molecule has 1 unspecified atom stereocenters. The van der Waals surface area contributed by atoms with E-state index in [0.29, 0.717) is 24.3 Å². The quantitative estimate of drug-likeness (QED) is 0.481. The number of carbonyl (C=O) groups is 1. The third-order valence-corrected chi connectivity index (χ3v) is 2.63. The van der Waals surface area contributed by atoms with E-state index in [1.54, 1.807) is 0 Å². The average molecular weight is 252 g/mol. The Hall–Kier alpha value is -2.15. The Kier molecular flexibility index (Phi) is 3.42. The largest absolute Gasteiger partial charge is 0.478 e. The van der Waals surface area contributed by atoms with Crippen LogP contribution in [0, 0.1) is 10.1 Å². The van der Waals surface area contributed by atoms with E-state index in [1.807, 2.05) is 0 Å². The molecule has 0 radical (unpaired) electrons. The molecule has 1 atom stereocenters. The summed E-state index contributed by atoms with van der Waals surface area (Å²) in [5.74, 6) is -0.0386. The Morgan fingerprint density at radius 2 is 2.33 bits per heavy atom. The van der Waals surface area contributed by atoms with E-state index in [4.69, 9.17) is 15.2 Å². The van der Waals surface area contributed by atoms with Gasteiger partial charge in [0.2, 0.25) is 0 Å². The highest BCUT2D eigenvalue weighted by molar-refractivity contribution is 5.76. The van der Waals surface area contributed by atoms with Crippen LogP contribution in [-0.4, -0.2) is 23.6 Å². The van der Waals surface area contributed by atoms with Gasteiger partial charge in [-0.05, 0) is 6.07 Å². The maximum Gasteiger partial charge on any atom is 0.347 e. The summed E-state index contributed by atoms with van der Waals surface area (Å²) in [6, 6.07) is 4.11. The van der Waals surface area contributed by atoms with E-state index in [2.05, 4.69) is 0 Å². The summed E-state index contributed by atoms with van der Waals surface area (Å²) in [5.41, 5.74) is 5.94. The Morgan fingerprint density at radius 3 is 2.89 bits per heavy atom. The van der Waals surface area contributed by atoms with Gasteiger partial charge in [-0.1, -0.05) is 0 Å². The van der Waals surface area contributed by atoms with Gasteiger partial charge >= 0.3 is 5.97 Å². The van der Waals surface area contributed by atoms with Crippen molar-refractivity contribution in [2.24, 2.45) is 5.73 Å². The molecular formula is C11H12N2O5. The van der Waals surface area contributed by atoms with Crippen molar-refractivity contribution in [3.63, 3.8) is 0 Å². The van der Waals surface area contributed by atoms with Crippen molar-refractivity contribution >= 4 is 11.7 Å².